The Balaban J connectivity index is 1.41. The van der Waals surface area contributed by atoms with E-state index in [-0.39, 0.29) is 0 Å². The summed E-state index contributed by atoms with van der Waals surface area (Å²) in [6.07, 6.45) is 2.11. The predicted octanol–water partition coefficient (Wildman–Crippen LogP) is 4.51. The van der Waals surface area contributed by atoms with Gasteiger partial charge in [0.25, 0.3) is 0 Å². The number of benzene rings is 2. The molecule has 0 saturated carbocycles. The fourth-order valence-corrected chi connectivity index (χ4v) is 4.29. The first kappa shape index (κ1) is 20.9. The number of unbranched alkanes of at least 4 members (excludes halogenated alkanes) is 1. The van der Waals surface area contributed by atoms with Gasteiger partial charge in [-0.25, -0.2) is 4.98 Å². The molecule has 2 aromatic carbocycles. The number of para-hydroxylation sites is 2. The number of imidazole rings is 1. The van der Waals surface area contributed by atoms with Crippen molar-refractivity contribution < 1.29 is 4.74 Å². The Kier molecular flexibility index (Phi) is 6.70. The molecule has 0 spiro atoms. The number of ether oxygens (including phenoxy) is 1. The lowest BCUT2D eigenvalue weighted by molar-refractivity contribution is 0.113. The topological polar surface area (TPSA) is 33.5 Å². The molecule has 1 aliphatic heterocycles. The predicted molar refractivity (Wildman–Crippen MR) is 123 cm³/mol. The Morgan fingerprint density at radius 2 is 1.80 bits per heavy atom. The van der Waals surface area contributed by atoms with E-state index in [2.05, 4.69) is 71.7 Å². The number of nitrogens with zero attached hydrogens (tertiary/aromatic N) is 4. The second-order valence-corrected chi connectivity index (χ2v) is 8.50. The minimum absolute atomic E-state index is 0.328. The summed E-state index contributed by atoms with van der Waals surface area (Å²) in [5, 5.41) is 0. The molecule has 2 heterocycles. The molecule has 1 fully saturated rings. The summed E-state index contributed by atoms with van der Waals surface area (Å²) in [7, 11) is 2.20. The highest BCUT2D eigenvalue weighted by Crippen LogP contribution is 2.26. The number of piperazine rings is 1. The Hall–Kier alpha value is -2.37. The zero-order chi connectivity index (χ0) is 20.9. The van der Waals surface area contributed by atoms with Gasteiger partial charge in [0.2, 0.25) is 0 Å². The Morgan fingerprint density at radius 3 is 2.60 bits per heavy atom. The maximum Gasteiger partial charge on any atom is 0.127 e. The van der Waals surface area contributed by atoms with Crippen LogP contribution in [0.15, 0.2) is 48.5 Å². The Bertz CT molecular complexity index is 959. The van der Waals surface area contributed by atoms with Gasteiger partial charge < -0.3 is 14.2 Å². The van der Waals surface area contributed by atoms with Crippen LogP contribution in [-0.4, -0.2) is 59.2 Å². The highest BCUT2D eigenvalue weighted by atomic mass is 16.5. The normalized spacial score (nSPS) is 16.8. The smallest absolute Gasteiger partial charge is 0.127 e. The van der Waals surface area contributed by atoms with E-state index >= 15 is 0 Å². The van der Waals surface area contributed by atoms with Crippen LogP contribution >= 0.6 is 0 Å². The van der Waals surface area contributed by atoms with Crippen LogP contribution < -0.4 is 4.74 Å². The van der Waals surface area contributed by atoms with E-state index in [1.807, 2.05) is 12.1 Å². The van der Waals surface area contributed by atoms with Crippen LogP contribution in [0.3, 0.4) is 0 Å². The molecule has 5 heteroatoms. The number of rotatable bonds is 8. The first-order valence-electron chi connectivity index (χ1n) is 11.2. The van der Waals surface area contributed by atoms with Gasteiger partial charge in [0.05, 0.1) is 23.7 Å². The first-order chi connectivity index (χ1) is 14.6. The fraction of sp³-hybridized carbons (Fsp3) is 0.480. The van der Waals surface area contributed by atoms with Gasteiger partial charge in [-0.3, -0.25) is 4.90 Å². The van der Waals surface area contributed by atoms with Gasteiger partial charge >= 0.3 is 0 Å². The van der Waals surface area contributed by atoms with Crippen molar-refractivity contribution in [3.63, 3.8) is 0 Å². The van der Waals surface area contributed by atoms with Gasteiger partial charge in [-0.05, 0) is 63.6 Å². The number of hydrogen-bond donors (Lipinski definition) is 0. The van der Waals surface area contributed by atoms with E-state index in [1.165, 1.54) is 16.9 Å². The van der Waals surface area contributed by atoms with E-state index < -0.39 is 0 Å². The van der Waals surface area contributed by atoms with Gasteiger partial charge in [-0.1, -0.05) is 24.3 Å². The van der Waals surface area contributed by atoms with Crippen molar-refractivity contribution in [3.8, 4) is 5.75 Å². The molecule has 0 radical (unpaired) electrons. The second-order valence-electron chi connectivity index (χ2n) is 8.50. The highest BCUT2D eigenvalue weighted by molar-refractivity contribution is 5.76. The van der Waals surface area contributed by atoms with Gasteiger partial charge in [0, 0.05) is 32.7 Å². The molecule has 5 nitrogen and oxygen atoms in total. The summed E-state index contributed by atoms with van der Waals surface area (Å²) in [5.41, 5.74) is 3.58. The summed E-state index contributed by atoms with van der Waals surface area (Å²) in [6, 6.07) is 17.1. The van der Waals surface area contributed by atoms with Gasteiger partial charge in [0.1, 0.15) is 11.6 Å². The van der Waals surface area contributed by atoms with Crippen molar-refractivity contribution in [2.45, 2.75) is 39.3 Å². The molecule has 1 atom stereocenters. The molecule has 160 valence electrons. The number of fused-ring (bicyclic) bond motifs is 1. The summed E-state index contributed by atoms with van der Waals surface area (Å²) >= 11 is 0. The minimum atomic E-state index is 0.328. The van der Waals surface area contributed by atoms with E-state index in [1.54, 1.807) is 0 Å². The monoisotopic (exact) mass is 406 g/mol. The molecule has 1 unspecified atom stereocenters. The molecule has 0 amide bonds. The van der Waals surface area contributed by atoms with Crippen LogP contribution in [0.5, 0.6) is 5.75 Å². The van der Waals surface area contributed by atoms with E-state index in [0.29, 0.717) is 6.04 Å². The molecule has 0 bridgehead atoms. The van der Waals surface area contributed by atoms with E-state index in [4.69, 9.17) is 9.72 Å². The molecular formula is C25H34N4O. The van der Waals surface area contributed by atoms with Gasteiger partial charge in [0.15, 0.2) is 0 Å². The lowest BCUT2D eigenvalue weighted by Gasteiger charge is -2.36. The third-order valence-electron chi connectivity index (χ3n) is 6.18. The Morgan fingerprint density at radius 1 is 1.00 bits per heavy atom. The number of aromatic nitrogens is 2. The van der Waals surface area contributed by atoms with Crippen LogP contribution in [0, 0.1) is 6.92 Å². The molecule has 1 aromatic heterocycles. The summed E-state index contributed by atoms with van der Waals surface area (Å²) in [6.45, 7) is 10.6. The molecule has 3 aromatic rings. The average molecular weight is 407 g/mol. The lowest BCUT2D eigenvalue weighted by Crippen LogP contribution is -2.45. The molecular weight excluding hydrogens is 372 g/mol. The molecule has 1 saturated heterocycles. The largest absolute Gasteiger partial charge is 0.494 e. The third-order valence-corrected chi connectivity index (χ3v) is 6.18. The standard InChI is InChI=1S/C25H34N4O/c1-20-9-8-10-22(19-20)30-18-7-6-13-29-24-12-5-4-11-23(24)26-25(29)21(2)28-16-14-27(3)15-17-28/h4-5,8-12,19,21H,6-7,13-18H2,1-3H3. The molecule has 4 rings (SSSR count). The molecule has 30 heavy (non-hydrogen) atoms. The van der Waals surface area contributed by atoms with Crippen molar-refractivity contribution in [1.29, 1.82) is 0 Å². The van der Waals surface area contributed by atoms with Crippen molar-refractivity contribution in [3.05, 3.63) is 59.9 Å². The van der Waals surface area contributed by atoms with Crippen molar-refractivity contribution in [2.75, 3.05) is 39.8 Å². The van der Waals surface area contributed by atoms with Crippen molar-refractivity contribution in [1.82, 2.24) is 19.4 Å². The van der Waals surface area contributed by atoms with Crippen molar-refractivity contribution in [2.24, 2.45) is 0 Å². The molecule has 1 aliphatic rings. The SMILES string of the molecule is Cc1cccc(OCCCCn2c(C(C)N3CCN(C)CC3)nc3ccccc32)c1. The highest BCUT2D eigenvalue weighted by Gasteiger charge is 2.24. The van der Waals surface area contributed by atoms with Crippen molar-refractivity contribution >= 4 is 11.0 Å². The van der Waals surface area contributed by atoms with Gasteiger partial charge in [-0.2, -0.15) is 0 Å². The van der Waals surface area contributed by atoms with E-state index in [0.717, 1.165) is 63.4 Å². The zero-order valence-corrected chi connectivity index (χ0v) is 18.6. The first-order valence-corrected chi connectivity index (χ1v) is 11.2. The summed E-state index contributed by atoms with van der Waals surface area (Å²) < 4.78 is 8.37. The van der Waals surface area contributed by atoms with Crippen LogP contribution in [0.4, 0.5) is 0 Å². The zero-order valence-electron chi connectivity index (χ0n) is 18.6. The number of hydrogen-bond acceptors (Lipinski definition) is 4. The second kappa shape index (κ2) is 9.63. The minimum Gasteiger partial charge on any atom is -0.494 e. The van der Waals surface area contributed by atoms with Crippen LogP contribution in [0.25, 0.3) is 11.0 Å². The van der Waals surface area contributed by atoms with E-state index in [9.17, 15) is 0 Å². The maximum absolute atomic E-state index is 5.94. The Labute approximate surface area is 180 Å². The number of likely N-dealkylation sites (N-methyl/N-ethyl adjacent to an activating group) is 1. The summed E-state index contributed by atoms with van der Waals surface area (Å²) in [4.78, 5) is 10.0. The maximum atomic E-state index is 5.94. The summed E-state index contributed by atoms with van der Waals surface area (Å²) in [5.74, 6) is 2.16. The van der Waals surface area contributed by atoms with Crippen LogP contribution in [0.2, 0.25) is 0 Å². The van der Waals surface area contributed by atoms with Crippen LogP contribution in [-0.2, 0) is 6.54 Å². The van der Waals surface area contributed by atoms with Gasteiger partial charge in [-0.15, -0.1) is 0 Å². The lowest BCUT2D eigenvalue weighted by atomic mass is 10.2. The quantitative estimate of drug-likeness (QED) is 0.515. The average Bonchev–Trinajstić information content (AvgIpc) is 3.12. The number of aryl methyl sites for hydroxylation is 2. The van der Waals surface area contributed by atoms with Crippen LogP contribution in [0.1, 0.15) is 37.2 Å². The molecule has 0 aliphatic carbocycles. The third kappa shape index (κ3) is 4.85. The fourth-order valence-electron chi connectivity index (χ4n) is 4.29. The molecule has 0 N–H and O–H groups in total.